The molecule has 3 heteroatoms. The molecule has 2 N–H and O–H groups in total. The van der Waals surface area contributed by atoms with E-state index >= 15 is 0 Å². The van der Waals surface area contributed by atoms with Crippen molar-refractivity contribution in [1.82, 2.24) is 0 Å². The molecule has 2 nitrogen and oxygen atoms in total. The molecule has 0 rings (SSSR count). The van der Waals surface area contributed by atoms with Crippen molar-refractivity contribution in [3.8, 4) is 0 Å². The quantitative estimate of drug-likeness (QED) is 0.282. The van der Waals surface area contributed by atoms with Gasteiger partial charge in [-0.3, -0.25) is 0 Å². The fraction of sp³-hybridized carbons (Fsp3) is 0.750. The van der Waals surface area contributed by atoms with Crippen LogP contribution in [0.2, 0.25) is 0 Å². The zero-order chi connectivity index (χ0) is 4.99. The lowest BCUT2D eigenvalue weighted by molar-refractivity contribution is -0.140. The first kappa shape index (κ1) is 9.90. The topological polar surface area (TPSA) is 34.8 Å². The SMILES string of the molecule is CCC(=[NH2+])OC.[Cl-]. The summed E-state index contributed by atoms with van der Waals surface area (Å²) in [4.78, 5) is 0. The van der Waals surface area contributed by atoms with Gasteiger partial charge in [0.05, 0.1) is 13.5 Å². The first-order valence-corrected chi connectivity index (χ1v) is 1.96. The van der Waals surface area contributed by atoms with Crippen molar-refractivity contribution in [2.75, 3.05) is 7.11 Å². The molecule has 0 unspecified atom stereocenters. The average molecular weight is 124 g/mol. The highest BCUT2D eigenvalue weighted by Crippen LogP contribution is 1.72. The van der Waals surface area contributed by atoms with Crippen molar-refractivity contribution < 1.29 is 22.6 Å². The van der Waals surface area contributed by atoms with E-state index in [1.165, 1.54) is 0 Å². The molecule has 0 bridgehead atoms. The summed E-state index contributed by atoms with van der Waals surface area (Å²) >= 11 is 0. The van der Waals surface area contributed by atoms with E-state index in [0.29, 0.717) is 5.90 Å². The minimum Gasteiger partial charge on any atom is -1.00 e. The van der Waals surface area contributed by atoms with Crippen LogP contribution in [-0.2, 0) is 4.74 Å². The van der Waals surface area contributed by atoms with E-state index in [2.05, 4.69) is 4.74 Å². The summed E-state index contributed by atoms with van der Waals surface area (Å²) in [5, 5.41) is 5.17. The number of methoxy groups -OCH3 is 1. The summed E-state index contributed by atoms with van der Waals surface area (Å²) in [6.45, 7) is 1.94. The lowest BCUT2D eigenvalue weighted by Gasteiger charge is -1.85. The van der Waals surface area contributed by atoms with Crippen molar-refractivity contribution in [3.63, 3.8) is 0 Å². The third kappa shape index (κ3) is 5.76. The molecule has 0 aliphatic rings. The molecule has 7 heavy (non-hydrogen) atoms. The second kappa shape index (κ2) is 5.76. The normalized spacial score (nSPS) is 6.57. The van der Waals surface area contributed by atoms with Crippen molar-refractivity contribution >= 4 is 5.90 Å². The van der Waals surface area contributed by atoms with Crippen LogP contribution in [0.3, 0.4) is 0 Å². The smallest absolute Gasteiger partial charge is 0.332 e. The maximum atomic E-state index is 5.17. The largest absolute Gasteiger partial charge is 1.00 e. The third-order valence-electron chi connectivity index (χ3n) is 0.611. The van der Waals surface area contributed by atoms with Crippen molar-refractivity contribution in [1.29, 1.82) is 0 Å². The molecule has 0 radical (unpaired) electrons. The zero-order valence-corrected chi connectivity index (χ0v) is 5.33. The van der Waals surface area contributed by atoms with Crippen LogP contribution in [0.5, 0.6) is 0 Å². The fourth-order valence-electron chi connectivity index (χ4n) is 0.144. The van der Waals surface area contributed by atoms with Crippen LogP contribution in [0.4, 0.5) is 0 Å². The lowest BCUT2D eigenvalue weighted by atomic mass is 10.5. The Kier molecular flexibility index (Phi) is 8.15. The Hall–Kier alpha value is -0.240. The second-order valence-corrected chi connectivity index (χ2v) is 1.02. The molecular formula is C4H10ClNO. The highest BCUT2D eigenvalue weighted by molar-refractivity contribution is 5.68. The van der Waals surface area contributed by atoms with Crippen molar-refractivity contribution in [3.05, 3.63) is 0 Å². The van der Waals surface area contributed by atoms with Gasteiger partial charge in [-0.25, -0.2) is 5.41 Å². The molecule has 44 valence electrons. The van der Waals surface area contributed by atoms with Crippen LogP contribution >= 0.6 is 0 Å². The van der Waals surface area contributed by atoms with Crippen molar-refractivity contribution in [2.45, 2.75) is 13.3 Å². The van der Waals surface area contributed by atoms with E-state index in [0.717, 1.165) is 6.42 Å². The summed E-state index contributed by atoms with van der Waals surface area (Å²) in [6, 6.07) is 0. The molecule has 0 aliphatic heterocycles. The van der Waals surface area contributed by atoms with Crippen LogP contribution in [0.25, 0.3) is 0 Å². The summed E-state index contributed by atoms with van der Waals surface area (Å²) < 4.78 is 4.59. The average Bonchev–Trinajstić information content (AvgIpc) is 1.65. The van der Waals surface area contributed by atoms with E-state index < -0.39 is 0 Å². The molecule has 0 heterocycles. The molecule has 0 saturated carbocycles. The predicted octanol–water partition coefficient (Wildman–Crippen LogP) is -3.80. The molecule has 0 aromatic carbocycles. The predicted molar refractivity (Wildman–Crippen MR) is 24.2 cm³/mol. The number of nitrogens with two attached hydrogens (primary N) is 1. The Morgan fingerprint density at radius 2 is 2.14 bits per heavy atom. The number of rotatable bonds is 1. The van der Waals surface area contributed by atoms with Crippen LogP contribution < -0.4 is 17.8 Å². The molecule has 0 saturated heterocycles. The van der Waals surface area contributed by atoms with Gasteiger partial charge in [-0.05, 0) is 0 Å². The number of hydrogen-bond donors (Lipinski definition) is 1. The van der Waals surface area contributed by atoms with Gasteiger partial charge in [-0.2, -0.15) is 0 Å². The van der Waals surface area contributed by atoms with Gasteiger partial charge in [0.2, 0.25) is 0 Å². The maximum absolute atomic E-state index is 5.17. The molecule has 0 spiro atoms. The minimum atomic E-state index is 0. The molecule has 0 amide bonds. The van der Waals surface area contributed by atoms with E-state index in [9.17, 15) is 0 Å². The van der Waals surface area contributed by atoms with Gasteiger partial charge < -0.3 is 17.1 Å². The Balaban J connectivity index is 0. The molecule has 0 aromatic heterocycles. The summed E-state index contributed by atoms with van der Waals surface area (Å²) in [5.41, 5.74) is 0. The highest BCUT2D eigenvalue weighted by atomic mass is 35.5. The summed E-state index contributed by atoms with van der Waals surface area (Å²) in [6.07, 6.45) is 0.802. The van der Waals surface area contributed by atoms with Crippen LogP contribution in [-0.4, -0.2) is 13.0 Å². The Labute approximate surface area is 49.8 Å². The van der Waals surface area contributed by atoms with Crippen LogP contribution in [0.1, 0.15) is 13.3 Å². The van der Waals surface area contributed by atoms with Crippen molar-refractivity contribution in [2.24, 2.45) is 0 Å². The van der Waals surface area contributed by atoms with E-state index in [1.807, 2.05) is 6.92 Å². The number of hydrogen-bond acceptors (Lipinski definition) is 1. The van der Waals surface area contributed by atoms with E-state index in [-0.39, 0.29) is 12.4 Å². The second-order valence-electron chi connectivity index (χ2n) is 1.02. The highest BCUT2D eigenvalue weighted by Gasteiger charge is 1.89. The number of ether oxygens (including phenoxy) is 1. The first-order chi connectivity index (χ1) is 2.81. The van der Waals surface area contributed by atoms with Gasteiger partial charge in [0.15, 0.2) is 0 Å². The van der Waals surface area contributed by atoms with Crippen LogP contribution in [0, 0.1) is 0 Å². The zero-order valence-electron chi connectivity index (χ0n) is 4.57. The summed E-state index contributed by atoms with van der Waals surface area (Å²) in [5.74, 6) is 0.593. The van der Waals surface area contributed by atoms with Gasteiger partial charge in [-0.1, -0.05) is 6.92 Å². The van der Waals surface area contributed by atoms with E-state index in [1.54, 1.807) is 7.11 Å². The van der Waals surface area contributed by atoms with Crippen LogP contribution in [0.15, 0.2) is 0 Å². The first-order valence-electron chi connectivity index (χ1n) is 1.96. The van der Waals surface area contributed by atoms with Gasteiger partial charge in [0.25, 0.3) is 0 Å². The maximum Gasteiger partial charge on any atom is 0.332 e. The number of halogens is 1. The van der Waals surface area contributed by atoms with E-state index in [4.69, 9.17) is 5.41 Å². The molecule has 0 fully saturated rings. The van der Waals surface area contributed by atoms with Gasteiger partial charge in [0.1, 0.15) is 0 Å². The standard InChI is InChI=1S/C4H9NO.ClH/c1-3-4(5)6-2;/h5H,3H2,1-2H3;1H. The monoisotopic (exact) mass is 123 g/mol. The molecular weight excluding hydrogens is 114 g/mol. The summed E-state index contributed by atoms with van der Waals surface area (Å²) in [7, 11) is 1.57. The minimum absolute atomic E-state index is 0. The van der Waals surface area contributed by atoms with Gasteiger partial charge >= 0.3 is 5.90 Å². The molecule has 0 atom stereocenters. The molecule has 0 aromatic rings. The fourth-order valence-corrected chi connectivity index (χ4v) is 0.144. The Morgan fingerprint density at radius 1 is 1.71 bits per heavy atom. The van der Waals surface area contributed by atoms with Gasteiger partial charge in [-0.15, -0.1) is 0 Å². The Morgan fingerprint density at radius 3 is 2.14 bits per heavy atom. The Bertz CT molecular complexity index is 49.7. The third-order valence-corrected chi connectivity index (χ3v) is 0.611. The van der Waals surface area contributed by atoms with Gasteiger partial charge in [0, 0.05) is 0 Å². The lowest BCUT2D eigenvalue weighted by Crippen LogP contribution is -3.00. The molecule has 0 aliphatic carbocycles.